The van der Waals surface area contributed by atoms with Crippen LogP contribution in [0.3, 0.4) is 0 Å². The number of pyridine rings is 2. The van der Waals surface area contributed by atoms with Gasteiger partial charge >= 0.3 is 0 Å². The van der Waals surface area contributed by atoms with E-state index in [0.29, 0.717) is 35.5 Å². The number of amides is 1. The summed E-state index contributed by atoms with van der Waals surface area (Å²) < 4.78 is 13.2. The van der Waals surface area contributed by atoms with Crippen molar-refractivity contribution in [3.05, 3.63) is 95.3 Å². The van der Waals surface area contributed by atoms with Gasteiger partial charge in [0.2, 0.25) is 0 Å². The van der Waals surface area contributed by atoms with Crippen LogP contribution in [0, 0.1) is 29.5 Å². The fraction of sp³-hybridized carbons (Fsp3) is 0.286. The van der Waals surface area contributed by atoms with E-state index in [1.807, 2.05) is 30.3 Å². The standard InChI is InChI=1S/C28H27FN6O/c29-19-6-4-16(5-7-19)28(36)32-12-10-17-13-18-14-21(17)25-24(18)26(22-3-1-2-11-31-22)34-35-27(25)23-9-8-20(30)15-33-23/h1-9,11,15,17-18,21,24,35H,10,12-14,30H2,(H,32,36)/t17-,18-,21-,24?/m0/s1. The molecule has 3 aliphatic rings. The Morgan fingerprint density at radius 2 is 1.92 bits per heavy atom. The molecule has 0 radical (unpaired) electrons. The number of nitrogens with one attached hydrogen (secondary N) is 2. The van der Waals surface area contributed by atoms with Crippen molar-refractivity contribution in [2.45, 2.75) is 19.3 Å². The highest BCUT2D eigenvalue weighted by Gasteiger charge is 2.53. The van der Waals surface area contributed by atoms with E-state index in [2.05, 4.69) is 20.7 Å². The first-order valence-corrected chi connectivity index (χ1v) is 12.3. The number of benzene rings is 1. The van der Waals surface area contributed by atoms with Crippen LogP contribution in [0.5, 0.6) is 0 Å². The number of hydrogen-bond donors (Lipinski definition) is 3. The van der Waals surface area contributed by atoms with Crippen LogP contribution in [0.2, 0.25) is 0 Å². The summed E-state index contributed by atoms with van der Waals surface area (Å²) in [5.41, 5.74) is 15.3. The summed E-state index contributed by atoms with van der Waals surface area (Å²) >= 11 is 0. The number of carbonyl (C=O) groups excluding carboxylic acids is 1. The van der Waals surface area contributed by atoms with Crippen LogP contribution in [0.25, 0.3) is 5.70 Å². The van der Waals surface area contributed by atoms with Crippen molar-refractivity contribution in [2.75, 3.05) is 12.3 Å². The Morgan fingerprint density at radius 1 is 1.06 bits per heavy atom. The van der Waals surface area contributed by atoms with Gasteiger partial charge in [-0.05, 0) is 91.1 Å². The van der Waals surface area contributed by atoms with E-state index >= 15 is 0 Å². The van der Waals surface area contributed by atoms with Crippen LogP contribution in [-0.2, 0) is 0 Å². The van der Waals surface area contributed by atoms with Crippen LogP contribution < -0.4 is 16.5 Å². The summed E-state index contributed by atoms with van der Waals surface area (Å²) in [6.45, 7) is 0.576. The molecule has 3 heterocycles. The lowest BCUT2D eigenvalue weighted by molar-refractivity contribution is 0.0950. The number of rotatable bonds is 6. The molecule has 4 atom stereocenters. The molecule has 2 aromatic heterocycles. The number of nitrogens with zero attached hydrogens (tertiary/aromatic N) is 3. The zero-order chi connectivity index (χ0) is 24.6. The first-order valence-electron chi connectivity index (χ1n) is 12.3. The van der Waals surface area contributed by atoms with Gasteiger partial charge in [-0.2, -0.15) is 5.10 Å². The van der Waals surface area contributed by atoms with Gasteiger partial charge in [0.25, 0.3) is 5.91 Å². The van der Waals surface area contributed by atoms with Crippen molar-refractivity contribution >= 4 is 23.0 Å². The Labute approximate surface area is 208 Å². The molecule has 2 saturated carbocycles. The summed E-state index contributed by atoms with van der Waals surface area (Å²) in [5, 5.41) is 7.79. The minimum atomic E-state index is -0.350. The largest absolute Gasteiger partial charge is 0.397 e. The monoisotopic (exact) mass is 482 g/mol. The Balaban J connectivity index is 1.24. The van der Waals surface area contributed by atoms with Gasteiger partial charge < -0.3 is 11.1 Å². The Kier molecular flexibility index (Phi) is 5.71. The number of hydrogen-bond acceptors (Lipinski definition) is 6. The predicted molar refractivity (Wildman–Crippen MR) is 136 cm³/mol. The van der Waals surface area contributed by atoms with Gasteiger partial charge in [0, 0.05) is 24.2 Å². The third-order valence-corrected chi connectivity index (χ3v) is 7.69. The van der Waals surface area contributed by atoms with Gasteiger partial charge in [-0.3, -0.25) is 20.2 Å². The average molecular weight is 483 g/mol. The fourth-order valence-electron chi connectivity index (χ4n) is 6.15. The molecular formula is C28H27FN6O. The molecule has 2 bridgehead atoms. The summed E-state index contributed by atoms with van der Waals surface area (Å²) in [6.07, 6.45) is 6.52. The quantitative estimate of drug-likeness (QED) is 0.492. The van der Waals surface area contributed by atoms with Gasteiger partial charge in [0.1, 0.15) is 5.82 Å². The Morgan fingerprint density at radius 3 is 2.67 bits per heavy atom. The SMILES string of the molecule is Nc1ccc(C2=C3C(C(c4ccccn4)=NN2)[C@H]2C[C@H](CCNC(=O)c4ccc(F)cc4)[C@@H]3C2)nc1. The second-order valence-corrected chi connectivity index (χ2v) is 9.76. The number of carbonyl (C=O) groups is 1. The second-order valence-electron chi connectivity index (χ2n) is 9.76. The number of aromatic nitrogens is 2. The number of allylic oxidation sites excluding steroid dienone is 1. The van der Waals surface area contributed by atoms with Crippen molar-refractivity contribution in [1.82, 2.24) is 20.7 Å². The van der Waals surface area contributed by atoms with Crippen LogP contribution in [-0.4, -0.2) is 28.1 Å². The van der Waals surface area contributed by atoms with E-state index < -0.39 is 0 Å². The molecule has 0 saturated heterocycles. The fourth-order valence-corrected chi connectivity index (χ4v) is 6.15. The Bertz CT molecular complexity index is 1340. The lowest BCUT2D eigenvalue weighted by Gasteiger charge is -2.36. The number of nitrogen functional groups attached to an aromatic ring is 1. The lowest BCUT2D eigenvalue weighted by atomic mass is 9.72. The molecule has 2 fully saturated rings. The van der Waals surface area contributed by atoms with Gasteiger partial charge in [-0.15, -0.1) is 0 Å². The van der Waals surface area contributed by atoms with E-state index in [0.717, 1.165) is 42.1 Å². The molecule has 4 N–H and O–H groups in total. The van der Waals surface area contributed by atoms with E-state index in [1.54, 1.807) is 12.4 Å². The van der Waals surface area contributed by atoms with Gasteiger partial charge in [0.05, 0.1) is 34.7 Å². The van der Waals surface area contributed by atoms with Crippen LogP contribution in [0.1, 0.15) is 41.0 Å². The first kappa shape index (κ1) is 22.4. The summed E-state index contributed by atoms with van der Waals surface area (Å²) in [4.78, 5) is 21.6. The molecule has 6 rings (SSSR count). The molecular weight excluding hydrogens is 455 g/mol. The van der Waals surface area contributed by atoms with Crippen LogP contribution in [0.15, 0.2) is 77.7 Å². The van der Waals surface area contributed by atoms with Crippen LogP contribution >= 0.6 is 0 Å². The maximum absolute atomic E-state index is 13.2. The zero-order valence-corrected chi connectivity index (χ0v) is 19.7. The molecule has 8 heteroatoms. The van der Waals surface area contributed by atoms with Crippen molar-refractivity contribution in [2.24, 2.45) is 28.8 Å². The minimum absolute atomic E-state index is 0.175. The molecule has 1 aliphatic heterocycles. The molecule has 182 valence electrons. The van der Waals surface area contributed by atoms with Gasteiger partial charge in [-0.25, -0.2) is 4.39 Å². The zero-order valence-electron chi connectivity index (χ0n) is 19.7. The van der Waals surface area contributed by atoms with Crippen LogP contribution in [0.4, 0.5) is 10.1 Å². The highest BCUT2D eigenvalue weighted by molar-refractivity contribution is 6.05. The molecule has 1 unspecified atom stereocenters. The number of nitrogens with two attached hydrogens (primary N) is 1. The summed E-state index contributed by atoms with van der Waals surface area (Å²) in [6, 6.07) is 15.3. The van der Waals surface area contributed by atoms with E-state index in [9.17, 15) is 9.18 Å². The molecule has 0 spiro atoms. The number of fused-ring (bicyclic) bond motifs is 5. The molecule has 3 aromatic rings. The van der Waals surface area contributed by atoms with E-state index in [1.165, 1.54) is 29.8 Å². The predicted octanol–water partition coefficient (Wildman–Crippen LogP) is 4.01. The number of halogens is 1. The summed E-state index contributed by atoms with van der Waals surface area (Å²) in [5.74, 6) is 0.964. The first-order chi connectivity index (χ1) is 17.6. The molecule has 7 nitrogen and oxygen atoms in total. The van der Waals surface area contributed by atoms with Gasteiger partial charge in [0.15, 0.2) is 0 Å². The van der Waals surface area contributed by atoms with Gasteiger partial charge in [-0.1, -0.05) is 6.07 Å². The number of hydrazone groups is 1. The third kappa shape index (κ3) is 4.02. The van der Waals surface area contributed by atoms with E-state index in [-0.39, 0.29) is 17.6 Å². The molecule has 36 heavy (non-hydrogen) atoms. The third-order valence-electron chi connectivity index (χ3n) is 7.69. The van der Waals surface area contributed by atoms with Crippen molar-refractivity contribution < 1.29 is 9.18 Å². The highest BCUT2D eigenvalue weighted by Crippen LogP contribution is 2.59. The summed E-state index contributed by atoms with van der Waals surface area (Å²) in [7, 11) is 0. The minimum Gasteiger partial charge on any atom is -0.397 e. The molecule has 2 aliphatic carbocycles. The lowest BCUT2D eigenvalue weighted by Crippen LogP contribution is -2.36. The smallest absolute Gasteiger partial charge is 0.251 e. The molecule has 1 amide bonds. The maximum atomic E-state index is 13.2. The Hall–Kier alpha value is -4.07. The average Bonchev–Trinajstić information content (AvgIpc) is 3.49. The highest BCUT2D eigenvalue weighted by atomic mass is 19.1. The normalized spacial score (nSPS) is 24.2. The van der Waals surface area contributed by atoms with Crippen molar-refractivity contribution in [1.29, 1.82) is 0 Å². The second kappa shape index (κ2) is 9.18. The maximum Gasteiger partial charge on any atom is 0.251 e. The number of anilines is 1. The van der Waals surface area contributed by atoms with E-state index in [4.69, 9.17) is 10.8 Å². The molecule has 1 aromatic carbocycles. The topological polar surface area (TPSA) is 105 Å². The van der Waals surface area contributed by atoms with Crippen molar-refractivity contribution in [3.63, 3.8) is 0 Å². The van der Waals surface area contributed by atoms with Crippen molar-refractivity contribution in [3.8, 4) is 0 Å².